The number of carbonyl (C=O) groups is 2. The molecule has 0 fully saturated rings. The van der Waals surface area contributed by atoms with E-state index in [1.165, 1.54) is 7.11 Å². The van der Waals surface area contributed by atoms with Gasteiger partial charge in [-0.2, -0.15) is 0 Å². The molecule has 0 spiro atoms. The minimum atomic E-state index is -0.456. The fourth-order valence-electron chi connectivity index (χ4n) is 3.26. The molecule has 0 saturated carbocycles. The van der Waals surface area contributed by atoms with Gasteiger partial charge in [-0.1, -0.05) is 54.1 Å². The third-order valence-electron chi connectivity index (χ3n) is 4.57. The van der Waals surface area contributed by atoms with Crippen LogP contribution in [0.4, 0.5) is 11.4 Å². The Bertz CT molecular complexity index is 1130. The first-order valence-electron chi connectivity index (χ1n) is 8.94. The quantitative estimate of drug-likeness (QED) is 0.624. The maximum absolute atomic E-state index is 13.4. The minimum Gasteiger partial charge on any atom is -0.496 e. The molecule has 0 atom stereocenters. The van der Waals surface area contributed by atoms with E-state index in [4.69, 9.17) is 16.3 Å². The molecule has 29 heavy (non-hydrogen) atoms. The zero-order chi connectivity index (χ0) is 20.4. The van der Waals surface area contributed by atoms with Gasteiger partial charge in [0.2, 0.25) is 0 Å². The van der Waals surface area contributed by atoms with Crippen LogP contribution < -0.4 is 15.0 Å². The van der Waals surface area contributed by atoms with Gasteiger partial charge in [0, 0.05) is 16.3 Å². The zero-order valence-corrected chi connectivity index (χ0v) is 16.3. The number of benzene rings is 3. The van der Waals surface area contributed by atoms with Crippen molar-refractivity contribution >= 4 is 40.4 Å². The molecular weight excluding hydrogens is 388 g/mol. The number of ether oxygens (including phenoxy) is 1. The molecule has 0 saturated heterocycles. The van der Waals surface area contributed by atoms with Gasteiger partial charge in [0.15, 0.2) is 0 Å². The Morgan fingerprint density at radius 1 is 0.862 bits per heavy atom. The molecule has 0 aliphatic carbocycles. The number of carbonyl (C=O) groups excluding carboxylic acids is 2. The summed E-state index contributed by atoms with van der Waals surface area (Å²) >= 11 is 6.09. The molecule has 5 nitrogen and oxygen atoms in total. The van der Waals surface area contributed by atoms with Crippen molar-refractivity contribution in [1.29, 1.82) is 0 Å². The van der Waals surface area contributed by atoms with Crippen LogP contribution in [0.3, 0.4) is 0 Å². The largest absolute Gasteiger partial charge is 0.496 e. The van der Waals surface area contributed by atoms with Gasteiger partial charge in [-0.25, -0.2) is 4.90 Å². The Hall–Kier alpha value is -3.57. The van der Waals surface area contributed by atoms with Crippen molar-refractivity contribution in [2.75, 3.05) is 17.3 Å². The van der Waals surface area contributed by atoms with Crippen LogP contribution in [-0.4, -0.2) is 18.9 Å². The summed E-state index contributed by atoms with van der Waals surface area (Å²) < 4.78 is 5.43. The highest BCUT2D eigenvalue weighted by Gasteiger charge is 2.41. The van der Waals surface area contributed by atoms with Gasteiger partial charge in [-0.05, 0) is 36.4 Å². The van der Waals surface area contributed by atoms with Gasteiger partial charge < -0.3 is 10.1 Å². The highest BCUT2D eigenvalue weighted by molar-refractivity contribution is 6.46. The Morgan fingerprint density at radius 3 is 2.31 bits per heavy atom. The summed E-state index contributed by atoms with van der Waals surface area (Å²) in [6.07, 6.45) is 0. The van der Waals surface area contributed by atoms with Crippen LogP contribution in [-0.2, 0) is 9.59 Å². The molecule has 0 unspecified atom stereocenters. The maximum atomic E-state index is 13.4. The molecule has 1 aliphatic rings. The first-order valence-corrected chi connectivity index (χ1v) is 9.32. The topological polar surface area (TPSA) is 58.6 Å². The molecule has 6 heteroatoms. The number of nitrogens with one attached hydrogen (secondary N) is 1. The van der Waals surface area contributed by atoms with Crippen molar-refractivity contribution in [3.05, 3.63) is 95.1 Å². The fraction of sp³-hybridized carbons (Fsp3) is 0.0435. The highest BCUT2D eigenvalue weighted by Crippen LogP contribution is 2.37. The number of methoxy groups -OCH3 is 1. The lowest BCUT2D eigenvalue weighted by Crippen LogP contribution is -2.32. The summed E-state index contributed by atoms with van der Waals surface area (Å²) in [6, 6.07) is 23.0. The van der Waals surface area contributed by atoms with Crippen molar-refractivity contribution in [1.82, 2.24) is 0 Å². The molecule has 2 amide bonds. The van der Waals surface area contributed by atoms with E-state index in [-0.39, 0.29) is 11.3 Å². The number of para-hydroxylation sites is 2. The molecule has 0 aromatic heterocycles. The number of hydrogen-bond acceptors (Lipinski definition) is 4. The Balaban J connectivity index is 1.87. The third kappa shape index (κ3) is 3.48. The molecular formula is C23H17ClN2O3. The van der Waals surface area contributed by atoms with Crippen molar-refractivity contribution in [2.45, 2.75) is 0 Å². The van der Waals surface area contributed by atoms with Crippen molar-refractivity contribution in [3.63, 3.8) is 0 Å². The van der Waals surface area contributed by atoms with E-state index in [9.17, 15) is 9.59 Å². The zero-order valence-electron chi connectivity index (χ0n) is 15.6. The Labute approximate surface area is 173 Å². The lowest BCUT2D eigenvalue weighted by atomic mass is 10.0. The average Bonchev–Trinajstić information content (AvgIpc) is 2.98. The smallest absolute Gasteiger partial charge is 0.282 e. The molecule has 0 bridgehead atoms. The van der Waals surface area contributed by atoms with Crippen molar-refractivity contribution in [2.24, 2.45) is 0 Å². The van der Waals surface area contributed by atoms with Gasteiger partial charge >= 0.3 is 0 Å². The van der Waals surface area contributed by atoms with Crippen molar-refractivity contribution in [3.8, 4) is 5.75 Å². The van der Waals surface area contributed by atoms with E-state index >= 15 is 0 Å². The average molecular weight is 405 g/mol. The van der Waals surface area contributed by atoms with Gasteiger partial charge in [-0.3, -0.25) is 9.59 Å². The first-order chi connectivity index (χ1) is 14.1. The molecule has 4 rings (SSSR count). The summed E-state index contributed by atoms with van der Waals surface area (Å²) in [5, 5.41) is 3.55. The number of hydrogen-bond donors (Lipinski definition) is 1. The second-order valence-electron chi connectivity index (χ2n) is 6.37. The van der Waals surface area contributed by atoms with E-state index in [1.54, 1.807) is 42.5 Å². The summed E-state index contributed by atoms with van der Waals surface area (Å²) in [6.45, 7) is 0. The van der Waals surface area contributed by atoms with Crippen LogP contribution in [0.1, 0.15) is 5.56 Å². The molecule has 0 radical (unpaired) electrons. The number of anilines is 2. The highest BCUT2D eigenvalue weighted by atomic mass is 35.5. The van der Waals surface area contributed by atoms with Gasteiger partial charge in [-0.15, -0.1) is 0 Å². The Morgan fingerprint density at radius 2 is 1.59 bits per heavy atom. The summed E-state index contributed by atoms with van der Waals surface area (Å²) in [5.41, 5.74) is 2.08. The van der Waals surface area contributed by atoms with Crippen molar-refractivity contribution < 1.29 is 14.3 Å². The van der Waals surface area contributed by atoms with E-state index in [0.29, 0.717) is 27.7 Å². The summed E-state index contributed by atoms with van der Waals surface area (Å²) in [7, 11) is 1.53. The normalized spacial score (nSPS) is 13.8. The lowest BCUT2D eigenvalue weighted by molar-refractivity contribution is -0.120. The monoisotopic (exact) mass is 404 g/mol. The van der Waals surface area contributed by atoms with Gasteiger partial charge in [0.25, 0.3) is 11.8 Å². The molecule has 3 aromatic rings. The standard InChI is InChI=1S/C23H17ClN2O3/c1-29-19-13-6-5-12-18(19)20-21(25-16-9-3-2-4-10-16)23(28)26(22(20)27)17-11-7-8-15(24)14-17/h2-14,25H,1H3. The predicted molar refractivity (Wildman–Crippen MR) is 114 cm³/mol. The van der Waals surface area contributed by atoms with E-state index in [2.05, 4.69) is 5.32 Å². The lowest BCUT2D eigenvalue weighted by Gasteiger charge is -2.16. The molecule has 1 N–H and O–H groups in total. The third-order valence-corrected chi connectivity index (χ3v) is 4.80. The first kappa shape index (κ1) is 18.8. The van der Waals surface area contributed by atoms with Gasteiger partial charge in [0.05, 0.1) is 18.4 Å². The second-order valence-corrected chi connectivity index (χ2v) is 6.80. The molecule has 1 aliphatic heterocycles. The second kappa shape index (κ2) is 7.81. The van der Waals surface area contributed by atoms with Crippen LogP contribution in [0.2, 0.25) is 5.02 Å². The van der Waals surface area contributed by atoms with Crippen LogP contribution in [0, 0.1) is 0 Å². The van der Waals surface area contributed by atoms with E-state index in [0.717, 1.165) is 4.90 Å². The van der Waals surface area contributed by atoms with Crippen LogP contribution in [0.5, 0.6) is 5.75 Å². The van der Waals surface area contributed by atoms with Crippen LogP contribution >= 0.6 is 11.6 Å². The number of imide groups is 1. The van der Waals surface area contributed by atoms with Gasteiger partial charge in [0.1, 0.15) is 11.4 Å². The Kier molecular flexibility index (Phi) is 5.06. The maximum Gasteiger partial charge on any atom is 0.282 e. The molecule has 1 heterocycles. The molecule has 144 valence electrons. The van der Waals surface area contributed by atoms with E-state index in [1.807, 2.05) is 36.4 Å². The van der Waals surface area contributed by atoms with Crippen LogP contribution in [0.15, 0.2) is 84.6 Å². The van der Waals surface area contributed by atoms with Crippen LogP contribution in [0.25, 0.3) is 5.57 Å². The fourth-order valence-corrected chi connectivity index (χ4v) is 3.45. The minimum absolute atomic E-state index is 0.186. The molecule has 3 aromatic carbocycles. The summed E-state index contributed by atoms with van der Waals surface area (Å²) in [5.74, 6) is -0.397. The van der Waals surface area contributed by atoms with E-state index < -0.39 is 11.8 Å². The number of amides is 2. The summed E-state index contributed by atoms with van der Waals surface area (Å²) in [4.78, 5) is 27.8. The predicted octanol–water partition coefficient (Wildman–Crippen LogP) is 4.75. The SMILES string of the molecule is COc1ccccc1C1=C(Nc2ccccc2)C(=O)N(c2cccc(Cl)c2)C1=O. The number of rotatable bonds is 5. The number of halogens is 1. The number of nitrogens with zero attached hydrogens (tertiary/aromatic N) is 1.